The molecule has 0 spiro atoms. The molecule has 0 aliphatic carbocycles. The number of ketones is 2. The third-order valence-electron chi connectivity index (χ3n) is 5.36. The van der Waals surface area contributed by atoms with Crippen molar-refractivity contribution in [1.82, 2.24) is 0 Å². The highest BCUT2D eigenvalue weighted by Crippen LogP contribution is 2.15. The lowest BCUT2D eigenvalue weighted by atomic mass is 10.2. The molecule has 0 heterocycles. The number of amides is 2. The summed E-state index contributed by atoms with van der Waals surface area (Å²) in [6.07, 6.45) is 0. The van der Waals surface area contributed by atoms with Gasteiger partial charge in [0.05, 0.1) is 22.5 Å². The number of carbonyl (C=O) groups is 6. The normalized spacial score (nSPS) is 11.2. The van der Waals surface area contributed by atoms with E-state index in [1.54, 1.807) is 0 Å². The fraction of sp³-hybridized carbons (Fsp3) is 0.0714. The van der Waals surface area contributed by atoms with E-state index in [-0.39, 0.29) is 22.5 Å². The number of carboxylic acid groups (broad SMARTS) is 2. The molecule has 42 heavy (non-hydrogen) atoms. The lowest BCUT2D eigenvalue weighted by Crippen LogP contribution is -2.30. The minimum Gasteiger partial charge on any atom is -0.478 e. The van der Waals surface area contributed by atoms with Gasteiger partial charge in [-0.25, -0.2) is 9.59 Å². The van der Waals surface area contributed by atoms with E-state index >= 15 is 0 Å². The zero-order valence-electron chi connectivity index (χ0n) is 22.2. The maximum atomic E-state index is 12.6. The van der Waals surface area contributed by atoms with Crippen molar-refractivity contribution in [2.75, 3.05) is 21.5 Å². The predicted molar refractivity (Wildman–Crippen MR) is 154 cm³/mol. The second-order valence-corrected chi connectivity index (χ2v) is 8.51. The van der Waals surface area contributed by atoms with E-state index in [4.69, 9.17) is 10.2 Å². The van der Waals surface area contributed by atoms with E-state index in [0.717, 1.165) is 13.8 Å². The van der Waals surface area contributed by atoms with E-state index in [0.29, 0.717) is 11.4 Å². The maximum absolute atomic E-state index is 12.6. The second kappa shape index (κ2) is 13.7. The molecule has 0 saturated heterocycles. The van der Waals surface area contributed by atoms with Crippen LogP contribution in [0.2, 0.25) is 0 Å². The van der Waals surface area contributed by atoms with Crippen LogP contribution in [0.1, 0.15) is 34.6 Å². The molecule has 14 nitrogen and oxygen atoms in total. The quantitative estimate of drug-likeness (QED) is 0.106. The average molecular weight is 573 g/mol. The Morgan fingerprint density at radius 2 is 0.786 bits per heavy atom. The van der Waals surface area contributed by atoms with Gasteiger partial charge >= 0.3 is 11.9 Å². The Morgan fingerprint density at radius 1 is 0.500 bits per heavy atom. The summed E-state index contributed by atoms with van der Waals surface area (Å²) in [4.78, 5) is 71.2. The van der Waals surface area contributed by atoms with Crippen LogP contribution in [-0.2, 0) is 19.2 Å². The molecule has 2 amide bonds. The lowest BCUT2D eigenvalue weighted by Gasteiger charge is -2.09. The van der Waals surface area contributed by atoms with Crippen LogP contribution in [0.5, 0.6) is 0 Å². The first-order valence-corrected chi connectivity index (χ1v) is 12.0. The highest BCUT2D eigenvalue weighted by Gasteiger charge is 2.19. The third-order valence-corrected chi connectivity index (χ3v) is 5.36. The first-order valence-electron chi connectivity index (χ1n) is 12.0. The number of hydrogen-bond acceptors (Lipinski definition) is 10. The van der Waals surface area contributed by atoms with E-state index < -0.39 is 46.7 Å². The van der Waals surface area contributed by atoms with Crippen LogP contribution in [0.3, 0.4) is 0 Å². The summed E-state index contributed by atoms with van der Waals surface area (Å²) in [6.45, 7) is 2.31. The zero-order valence-corrected chi connectivity index (χ0v) is 22.2. The van der Waals surface area contributed by atoms with Gasteiger partial charge in [-0.1, -0.05) is 0 Å². The van der Waals surface area contributed by atoms with Crippen LogP contribution in [0, 0.1) is 0 Å². The molecule has 0 radical (unpaired) electrons. The maximum Gasteiger partial charge on any atom is 0.335 e. The molecule has 14 heteroatoms. The highest BCUT2D eigenvalue weighted by atomic mass is 16.4. The van der Waals surface area contributed by atoms with E-state index in [9.17, 15) is 28.8 Å². The van der Waals surface area contributed by atoms with E-state index in [1.165, 1.54) is 72.8 Å². The number of hydrazone groups is 2. The van der Waals surface area contributed by atoms with Crippen molar-refractivity contribution in [2.24, 2.45) is 10.2 Å². The molecular formula is C28H24N6O8. The van der Waals surface area contributed by atoms with Crippen molar-refractivity contribution in [2.45, 2.75) is 13.8 Å². The standard InChI is InChI=1S/C28H24N6O8/c1-15(35)23(33-31-21-7-3-17(4-8-21)27(39)40)25(37)29-19-11-13-20(14-12-19)30-26(38)24(16(2)36)34-32-22-9-5-18(6-10-22)28(41)42/h3-14,31-32H,1-2H3,(H,29,37)(H,30,38)(H,39,40)(H,41,42)/b33-23-,34-24-. The predicted octanol–water partition coefficient (Wildman–Crippen LogP) is 3.07. The van der Waals surface area contributed by atoms with Crippen molar-refractivity contribution < 1.29 is 39.0 Å². The molecule has 6 N–H and O–H groups in total. The van der Waals surface area contributed by atoms with Gasteiger partial charge in [-0.15, -0.1) is 0 Å². The number of Topliss-reactive ketones (excluding diaryl/α,β-unsaturated/α-hetero) is 2. The van der Waals surface area contributed by atoms with E-state index in [1.807, 2.05) is 0 Å². The number of carbonyl (C=O) groups excluding carboxylic acids is 4. The summed E-state index contributed by atoms with van der Waals surface area (Å²) >= 11 is 0. The van der Waals surface area contributed by atoms with Gasteiger partial charge in [0.25, 0.3) is 11.8 Å². The average Bonchev–Trinajstić information content (AvgIpc) is 2.94. The number of hydrogen-bond donors (Lipinski definition) is 6. The van der Waals surface area contributed by atoms with Crippen LogP contribution < -0.4 is 21.5 Å². The smallest absolute Gasteiger partial charge is 0.335 e. The van der Waals surface area contributed by atoms with Gasteiger partial charge in [-0.2, -0.15) is 10.2 Å². The number of benzene rings is 3. The zero-order chi connectivity index (χ0) is 30.8. The molecule has 3 rings (SSSR count). The monoisotopic (exact) mass is 572 g/mol. The van der Waals surface area contributed by atoms with E-state index in [2.05, 4.69) is 31.7 Å². The molecule has 0 bridgehead atoms. The van der Waals surface area contributed by atoms with Crippen molar-refractivity contribution >= 4 is 69.5 Å². The molecule has 0 aliphatic rings. The topological polar surface area (TPSA) is 216 Å². The van der Waals surface area contributed by atoms with Crippen LogP contribution >= 0.6 is 0 Å². The second-order valence-electron chi connectivity index (χ2n) is 8.51. The Hall–Kier alpha value is -6.18. The molecular weight excluding hydrogens is 548 g/mol. The molecule has 0 unspecified atom stereocenters. The molecule has 0 saturated carbocycles. The number of nitrogens with one attached hydrogen (secondary N) is 4. The Kier molecular flexibility index (Phi) is 9.94. The van der Waals surface area contributed by atoms with Crippen LogP contribution in [0.25, 0.3) is 0 Å². The summed E-state index contributed by atoms with van der Waals surface area (Å²) in [5, 5.41) is 30.6. The largest absolute Gasteiger partial charge is 0.478 e. The molecule has 0 fully saturated rings. The fourth-order valence-electron chi connectivity index (χ4n) is 3.21. The first kappa shape index (κ1) is 30.4. The number of carboxylic acids is 2. The van der Waals surface area contributed by atoms with Crippen molar-refractivity contribution in [1.29, 1.82) is 0 Å². The van der Waals surface area contributed by atoms with Gasteiger partial charge in [-0.05, 0) is 72.8 Å². The lowest BCUT2D eigenvalue weighted by molar-refractivity contribution is -0.116. The molecule has 0 aliphatic heterocycles. The van der Waals surface area contributed by atoms with Gasteiger partial charge in [0.1, 0.15) is 0 Å². The molecule has 3 aromatic rings. The summed E-state index contributed by atoms with van der Waals surface area (Å²) in [7, 11) is 0. The Labute approximate surface area is 238 Å². The first-order chi connectivity index (χ1) is 19.9. The Morgan fingerprint density at radius 3 is 1.05 bits per heavy atom. The fourth-order valence-corrected chi connectivity index (χ4v) is 3.21. The van der Waals surface area contributed by atoms with Gasteiger partial charge in [0, 0.05) is 25.2 Å². The number of aromatic carboxylic acids is 2. The molecule has 3 aromatic carbocycles. The van der Waals surface area contributed by atoms with Crippen LogP contribution in [0.4, 0.5) is 22.7 Å². The Bertz CT molecular complexity index is 1470. The van der Waals surface area contributed by atoms with Crippen LogP contribution in [0.15, 0.2) is 83.0 Å². The van der Waals surface area contributed by atoms with Crippen LogP contribution in [-0.4, -0.2) is 57.0 Å². The number of rotatable bonds is 12. The van der Waals surface area contributed by atoms with Crippen molar-refractivity contribution in [3.63, 3.8) is 0 Å². The van der Waals surface area contributed by atoms with Gasteiger partial charge in [0.15, 0.2) is 23.0 Å². The van der Waals surface area contributed by atoms with Crippen molar-refractivity contribution in [3.8, 4) is 0 Å². The Balaban J connectivity index is 1.63. The van der Waals surface area contributed by atoms with Gasteiger partial charge in [0.2, 0.25) is 0 Å². The summed E-state index contributed by atoms with van der Waals surface area (Å²) in [5.41, 5.74) is 5.54. The van der Waals surface area contributed by atoms with Gasteiger partial charge in [-0.3, -0.25) is 30.0 Å². The minimum absolute atomic E-state index is 0.0555. The minimum atomic E-state index is -1.11. The summed E-state index contributed by atoms with van der Waals surface area (Å²) < 4.78 is 0. The highest BCUT2D eigenvalue weighted by molar-refractivity contribution is 6.67. The molecule has 0 aromatic heterocycles. The van der Waals surface area contributed by atoms with Crippen molar-refractivity contribution in [3.05, 3.63) is 83.9 Å². The summed E-state index contributed by atoms with van der Waals surface area (Å²) in [6, 6.07) is 16.8. The number of nitrogens with zero attached hydrogens (tertiary/aromatic N) is 2. The number of anilines is 4. The third kappa shape index (κ3) is 8.41. The SMILES string of the molecule is CC(=O)/C(=N/Nc1ccc(C(=O)O)cc1)C(=O)Nc1ccc(NC(=O)/C(=N\Nc2ccc(C(=O)O)cc2)C(C)=O)cc1. The molecule has 214 valence electrons. The van der Waals surface area contributed by atoms with Gasteiger partial charge < -0.3 is 20.8 Å². The summed E-state index contributed by atoms with van der Waals surface area (Å²) in [5.74, 6) is -5.11. The molecule has 0 atom stereocenters.